The van der Waals surface area contributed by atoms with Gasteiger partial charge in [0.1, 0.15) is 11.8 Å². The molecule has 0 unspecified atom stereocenters. The Hall–Kier alpha value is -2.40. The van der Waals surface area contributed by atoms with Crippen LogP contribution < -0.4 is 10.2 Å². The predicted octanol–water partition coefficient (Wildman–Crippen LogP) is 2.22. The quantitative estimate of drug-likeness (QED) is 0.853. The van der Waals surface area contributed by atoms with Gasteiger partial charge in [-0.1, -0.05) is 30.3 Å². The van der Waals surface area contributed by atoms with Crippen LogP contribution in [0.15, 0.2) is 54.6 Å². The molecule has 5 heteroatoms. The van der Waals surface area contributed by atoms with Crippen molar-refractivity contribution in [2.45, 2.75) is 12.5 Å². The Kier molecular flexibility index (Phi) is 3.58. The number of phenols is 1. The second-order valence-corrected chi connectivity index (χ2v) is 5.27. The molecule has 4 nitrogen and oxygen atoms in total. The standard InChI is InChI=1S/C16H14N2O2S/c19-13-8-6-11(7-9-13)10-14-15(20)18(16(21)17-14)12-4-2-1-3-5-12/h1-9,14,19H,10H2,(H,17,21)/t14-/m1/s1. The molecule has 3 rings (SSSR count). The van der Waals surface area contributed by atoms with Crippen molar-refractivity contribution >= 4 is 28.9 Å². The van der Waals surface area contributed by atoms with Crippen LogP contribution in [-0.2, 0) is 11.2 Å². The van der Waals surface area contributed by atoms with E-state index in [2.05, 4.69) is 5.32 Å². The number of amides is 1. The third-order valence-electron chi connectivity index (χ3n) is 3.41. The Morgan fingerprint density at radius 1 is 1.10 bits per heavy atom. The number of para-hydroxylation sites is 1. The molecular weight excluding hydrogens is 284 g/mol. The average molecular weight is 298 g/mol. The number of carbonyl (C=O) groups is 1. The van der Waals surface area contributed by atoms with Gasteiger partial charge < -0.3 is 10.4 Å². The summed E-state index contributed by atoms with van der Waals surface area (Å²) in [7, 11) is 0. The number of hydrogen-bond acceptors (Lipinski definition) is 3. The molecule has 1 amide bonds. The lowest BCUT2D eigenvalue weighted by molar-refractivity contribution is -0.118. The molecule has 1 aliphatic heterocycles. The van der Waals surface area contributed by atoms with Crippen molar-refractivity contribution in [1.82, 2.24) is 5.32 Å². The highest BCUT2D eigenvalue weighted by Gasteiger charge is 2.36. The topological polar surface area (TPSA) is 52.6 Å². The fourth-order valence-corrected chi connectivity index (χ4v) is 2.70. The zero-order valence-corrected chi connectivity index (χ0v) is 12.0. The summed E-state index contributed by atoms with van der Waals surface area (Å²) in [6.45, 7) is 0. The van der Waals surface area contributed by atoms with Crippen molar-refractivity contribution < 1.29 is 9.90 Å². The third-order valence-corrected chi connectivity index (χ3v) is 3.71. The summed E-state index contributed by atoms with van der Waals surface area (Å²) < 4.78 is 0. The first-order valence-corrected chi connectivity index (χ1v) is 7.03. The lowest BCUT2D eigenvalue weighted by Crippen LogP contribution is -2.32. The van der Waals surface area contributed by atoms with Gasteiger partial charge in [0, 0.05) is 6.42 Å². The first kappa shape index (κ1) is 13.6. The number of phenolic OH excluding ortho intramolecular Hbond substituents is 1. The molecule has 2 N–H and O–H groups in total. The van der Waals surface area contributed by atoms with E-state index in [-0.39, 0.29) is 17.7 Å². The third kappa shape index (κ3) is 2.73. The summed E-state index contributed by atoms with van der Waals surface area (Å²) >= 11 is 5.27. The fraction of sp³-hybridized carbons (Fsp3) is 0.125. The number of nitrogens with one attached hydrogen (secondary N) is 1. The maximum atomic E-state index is 12.5. The van der Waals surface area contributed by atoms with Crippen LogP contribution in [0.2, 0.25) is 0 Å². The normalized spacial score (nSPS) is 17.9. The van der Waals surface area contributed by atoms with Crippen LogP contribution in [-0.4, -0.2) is 22.2 Å². The van der Waals surface area contributed by atoms with Gasteiger partial charge in [0.15, 0.2) is 5.11 Å². The van der Waals surface area contributed by atoms with Crippen molar-refractivity contribution in [3.63, 3.8) is 0 Å². The monoisotopic (exact) mass is 298 g/mol. The molecule has 21 heavy (non-hydrogen) atoms. The molecule has 106 valence electrons. The Balaban J connectivity index is 1.79. The van der Waals surface area contributed by atoms with E-state index < -0.39 is 0 Å². The summed E-state index contributed by atoms with van der Waals surface area (Å²) in [5.74, 6) is 0.158. The predicted molar refractivity (Wildman–Crippen MR) is 85.3 cm³/mol. The molecule has 0 spiro atoms. The summed E-state index contributed by atoms with van der Waals surface area (Å²) in [4.78, 5) is 14.0. The zero-order valence-electron chi connectivity index (χ0n) is 11.2. The lowest BCUT2D eigenvalue weighted by Gasteiger charge is -2.14. The molecule has 0 radical (unpaired) electrons. The molecule has 0 aromatic heterocycles. The van der Waals surface area contributed by atoms with Gasteiger partial charge in [-0.15, -0.1) is 0 Å². The molecule has 1 aliphatic rings. The van der Waals surface area contributed by atoms with Crippen molar-refractivity contribution in [3.8, 4) is 5.75 Å². The van der Waals surface area contributed by atoms with Crippen LogP contribution in [0.1, 0.15) is 5.56 Å². The van der Waals surface area contributed by atoms with E-state index >= 15 is 0 Å². The van der Waals surface area contributed by atoms with Gasteiger partial charge in [-0.25, -0.2) is 0 Å². The summed E-state index contributed by atoms with van der Waals surface area (Å²) in [6.07, 6.45) is 0.530. The number of rotatable bonds is 3. The highest BCUT2D eigenvalue weighted by Crippen LogP contribution is 2.21. The number of aromatic hydroxyl groups is 1. The Bertz CT molecular complexity index is 670. The van der Waals surface area contributed by atoms with E-state index in [0.29, 0.717) is 11.5 Å². The molecule has 0 saturated carbocycles. The smallest absolute Gasteiger partial charge is 0.256 e. The number of benzene rings is 2. The largest absolute Gasteiger partial charge is 0.508 e. The van der Waals surface area contributed by atoms with Gasteiger partial charge in [0.2, 0.25) is 0 Å². The van der Waals surface area contributed by atoms with Gasteiger partial charge in [-0.3, -0.25) is 9.69 Å². The molecule has 2 aromatic rings. The molecule has 0 aliphatic carbocycles. The second kappa shape index (κ2) is 5.54. The number of thiocarbonyl (C=S) groups is 1. The highest BCUT2D eigenvalue weighted by molar-refractivity contribution is 7.80. The van der Waals surface area contributed by atoms with Crippen LogP contribution in [0, 0.1) is 0 Å². The van der Waals surface area contributed by atoms with E-state index in [0.717, 1.165) is 11.3 Å². The van der Waals surface area contributed by atoms with Gasteiger partial charge in [0.25, 0.3) is 5.91 Å². The van der Waals surface area contributed by atoms with Crippen LogP contribution in [0.25, 0.3) is 0 Å². The molecule has 1 saturated heterocycles. The first-order chi connectivity index (χ1) is 10.1. The number of anilines is 1. The number of nitrogens with zero attached hydrogens (tertiary/aromatic N) is 1. The maximum Gasteiger partial charge on any atom is 0.256 e. The van der Waals surface area contributed by atoms with Gasteiger partial charge in [-0.05, 0) is 42.0 Å². The van der Waals surface area contributed by atoms with E-state index in [1.54, 1.807) is 24.3 Å². The molecule has 2 aromatic carbocycles. The number of carbonyl (C=O) groups excluding carboxylic acids is 1. The summed E-state index contributed by atoms with van der Waals surface area (Å²) in [5.41, 5.74) is 1.74. The lowest BCUT2D eigenvalue weighted by atomic mass is 10.1. The van der Waals surface area contributed by atoms with E-state index in [1.165, 1.54) is 4.90 Å². The van der Waals surface area contributed by atoms with E-state index in [4.69, 9.17) is 12.2 Å². The van der Waals surface area contributed by atoms with Crippen LogP contribution >= 0.6 is 12.2 Å². The van der Waals surface area contributed by atoms with E-state index in [1.807, 2.05) is 30.3 Å². The molecular formula is C16H14N2O2S. The van der Waals surface area contributed by atoms with Crippen molar-refractivity contribution in [2.75, 3.05) is 4.90 Å². The molecule has 1 atom stereocenters. The zero-order chi connectivity index (χ0) is 14.8. The van der Waals surface area contributed by atoms with E-state index in [9.17, 15) is 9.90 Å². The van der Waals surface area contributed by atoms with Crippen LogP contribution in [0.3, 0.4) is 0 Å². The minimum absolute atomic E-state index is 0.0562. The summed E-state index contributed by atoms with van der Waals surface area (Å²) in [5, 5.41) is 12.8. The molecule has 0 bridgehead atoms. The number of hydrogen-bond donors (Lipinski definition) is 2. The second-order valence-electron chi connectivity index (χ2n) is 4.88. The molecule has 1 heterocycles. The Morgan fingerprint density at radius 3 is 2.43 bits per heavy atom. The van der Waals surface area contributed by atoms with Crippen molar-refractivity contribution in [2.24, 2.45) is 0 Å². The average Bonchev–Trinajstić information content (AvgIpc) is 2.77. The highest BCUT2D eigenvalue weighted by atomic mass is 32.1. The maximum absolute atomic E-state index is 12.5. The SMILES string of the molecule is O=C1[C@@H](Cc2ccc(O)cc2)NC(=S)N1c1ccccc1. The van der Waals surface area contributed by atoms with Crippen molar-refractivity contribution in [1.29, 1.82) is 0 Å². The first-order valence-electron chi connectivity index (χ1n) is 6.62. The Morgan fingerprint density at radius 2 is 1.76 bits per heavy atom. The van der Waals surface area contributed by atoms with Crippen LogP contribution in [0.4, 0.5) is 5.69 Å². The minimum Gasteiger partial charge on any atom is -0.508 e. The van der Waals surface area contributed by atoms with Gasteiger partial charge in [0.05, 0.1) is 5.69 Å². The van der Waals surface area contributed by atoms with Crippen molar-refractivity contribution in [3.05, 3.63) is 60.2 Å². The van der Waals surface area contributed by atoms with Crippen LogP contribution in [0.5, 0.6) is 5.75 Å². The minimum atomic E-state index is -0.373. The molecule has 1 fully saturated rings. The van der Waals surface area contributed by atoms with Gasteiger partial charge >= 0.3 is 0 Å². The Labute approximate surface area is 128 Å². The fourth-order valence-electron chi connectivity index (χ4n) is 2.36. The van der Waals surface area contributed by atoms with Gasteiger partial charge in [-0.2, -0.15) is 0 Å². The summed E-state index contributed by atoms with van der Waals surface area (Å²) in [6, 6.07) is 15.8.